The Labute approximate surface area is 162 Å². The Balaban J connectivity index is 1.82. The number of ether oxygens (including phenoxy) is 2. The molecule has 0 aliphatic rings. The number of fused-ring (bicyclic) bond motifs is 1. The maximum absolute atomic E-state index is 11.2. The number of carbonyl (C=O) groups is 1. The molecule has 0 fully saturated rings. The highest BCUT2D eigenvalue weighted by Crippen LogP contribution is 2.26. The largest absolute Gasteiger partial charge is 0.490 e. The smallest absolute Gasteiger partial charge is 0.427 e. The number of rotatable bonds is 6. The number of para-hydroxylation sites is 2. The molecular weight excluding hydrogens is 366 g/mol. The van der Waals surface area contributed by atoms with Crippen LogP contribution in [-0.2, 0) is 11.3 Å². The highest BCUT2D eigenvalue weighted by atomic mass is 35.5. The lowest BCUT2D eigenvalue weighted by Crippen LogP contribution is -2.16. The lowest BCUT2D eigenvalue weighted by molar-refractivity contribution is 0.171. The molecule has 0 atom stereocenters. The number of nitrogens with one attached hydrogen (secondary N) is 1. The highest BCUT2D eigenvalue weighted by molar-refractivity contribution is 6.32. The van der Waals surface area contributed by atoms with E-state index in [2.05, 4.69) is 19.8 Å². The zero-order chi connectivity index (χ0) is 19.2. The van der Waals surface area contributed by atoms with E-state index in [0.717, 1.165) is 22.2 Å². The number of hydrogen-bond acceptors (Lipinski definition) is 4. The van der Waals surface area contributed by atoms with Crippen molar-refractivity contribution in [3.63, 3.8) is 0 Å². The summed E-state index contributed by atoms with van der Waals surface area (Å²) in [7, 11) is 1.29. The molecular formula is C20H20ClN3O3. The number of halogens is 1. The van der Waals surface area contributed by atoms with E-state index in [1.165, 1.54) is 7.11 Å². The molecule has 1 aromatic heterocycles. The summed E-state index contributed by atoms with van der Waals surface area (Å²) in [5.74, 6) is 0.664. The van der Waals surface area contributed by atoms with Crippen LogP contribution in [0.1, 0.15) is 11.3 Å². The predicted molar refractivity (Wildman–Crippen MR) is 107 cm³/mol. The number of benzene rings is 2. The van der Waals surface area contributed by atoms with Gasteiger partial charge in [0.1, 0.15) is 12.4 Å². The van der Waals surface area contributed by atoms with Gasteiger partial charge < -0.3 is 14.0 Å². The van der Waals surface area contributed by atoms with E-state index in [9.17, 15) is 4.79 Å². The second-order valence-electron chi connectivity index (χ2n) is 5.81. The van der Waals surface area contributed by atoms with E-state index < -0.39 is 6.09 Å². The normalized spacial score (nSPS) is 11.1. The maximum Gasteiger partial charge on any atom is 0.427 e. The fourth-order valence-electron chi connectivity index (χ4n) is 2.91. The van der Waals surface area contributed by atoms with Gasteiger partial charge in [0.25, 0.3) is 0 Å². The summed E-state index contributed by atoms with van der Waals surface area (Å²) in [4.78, 5) is 11.2. The topological polar surface area (TPSA) is 64.8 Å². The Hall–Kier alpha value is -2.99. The van der Waals surface area contributed by atoms with Crippen molar-refractivity contribution in [2.24, 2.45) is 5.10 Å². The Kier molecular flexibility index (Phi) is 5.98. The van der Waals surface area contributed by atoms with Crippen molar-refractivity contribution in [2.45, 2.75) is 13.5 Å². The van der Waals surface area contributed by atoms with Gasteiger partial charge in [0.2, 0.25) is 0 Å². The fraction of sp³-hybridized carbons (Fsp3) is 0.200. The lowest BCUT2D eigenvalue weighted by Gasteiger charge is -2.11. The maximum atomic E-state index is 11.2. The average Bonchev–Trinajstić information content (AvgIpc) is 2.95. The molecule has 27 heavy (non-hydrogen) atoms. The molecule has 0 saturated heterocycles. The first-order valence-electron chi connectivity index (χ1n) is 8.44. The van der Waals surface area contributed by atoms with Crippen molar-refractivity contribution in [3.8, 4) is 5.75 Å². The van der Waals surface area contributed by atoms with Gasteiger partial charge in [0, 0.05) is 22.2 Å². The molecule has 3 aromatic rings. The van der Waals surface area contributed by atoms with Crippen LogP contribution in [0.25, 0.3) is 10.9 Å². The Morgan fingerprint density at radius 2 is 1.96 bits per heavy atom. The summed E-state index contributed by atoms with van der Waals surface area (Å²) in [6.45, 7) is 3.13. The third kappa shape index (κ3) is 4.23. The quantitative estimate of drug-likeness (QED) is 0.506. The number of nitrogens with zero attached hydrogens (tertiary/aromatic N) is 2. The van der Waals surface area contributed by atoms with Gasteiger partial charge in [-0.2, -0.15) is 5.10 Å². The molecule has 1 N–H and O–H groups in total. The van der Waals surface area contributed by atoms with Crippen LogP contribution in [0.15, 0.2) is 53.6 Å². The standard InChI is InChI=1S/C20H20ClN3O3/c1-14-16(13-22-23-20(25)26-2)15-7-3-5-9-18(15)24(14)11-12-27-19-10-6-4-8-17(19)21/h3-10,13H,11-12H2,1-2H3,(H,23,25). The average molecular weight is 386 g/mol. The van der Waals surface area contributed by atoms with E-state index in [1.807, 2.05) is 49.4 Å². The van der Waals surface area contributed by atoms with Gasteiger partial charge >= 0.3 is 6.09 Å². The van der Waals surface area contributed by atoms with Crippen LogP contribution in [-0.4, -0.2) is 30.6 Å². The summed E-state index contributed by atoms with van der Waals surface area (Å²) >= 11 is 6.14. The third-order valence-corrected chi connectivity index (χ3v) is 4.54. The molecule has 0 radical (unpaired) electrons. The van der Waals surface area contributed by atoms with Crippen molar-refractivity contribution < 1.29 is 14.3 Å². The van der Waals surface area contributed by atoms with E-state index >= 15 is 0 Å². The minimum absolute atomic E-state index is 0.472. The Morgan fingerprint density at radius 3 is 2.74 bits per heavy atom. The zero-order valence-electron chi connectivity index (χ0n) is 15.1. The first-order valence-corrected chi connectivity index (χ1v) is 8.81. The van der Waals surface area contributed by atoms with Crippen molar-refractivity contribution in [1.29, 1.82) is 0 Å². The molecule has 140 valence electrons. The van der Waals surface area contributed by atoms with Crippen LogP contribution in [0.4, 0.5) is 4.79 Å². The molecule has 2 aromatic carbocycles. The van der Waals surface area contributed by atoms with Gasteiger partial charge in [-0.25, -0.2) is 10.2 Å². The van der Waals surface area contributed by atoms with Crippen molar-refractivity contribution in [2.75, 3.05) is 13.7 Å². The van der Waals surface area contributed by atoms with Gasteiger partial charge in [-0.1, -0.05) is 41.9 Å². The van der Waals surface area contributed by atoms with E-state index in [-0.39, 0.29) is 0 Å². The van der Waals surface area contributed by atoms with Gasteiger partial charge in [0.15, 0.2) is 0 Å². The minimum atomic E-state index is -0.610. The number of carbonyl (C=O) groups excluding carboxylic acids is 1. The molecule has 0 aliphatic carbocycles. The van der Waals surface area contributed by atoms with Crippen LogP contribution >= 0.6 is 11.6 Å². The lowest BCUT2D eigenvalue weighted by atomic mass is 10.1. The van der Waals surface area contributed by atoms with Crippen LogP contribution in [0, 0.1) is 6.92 Å². The highest BCUT2D eigenvalue weighted by Gasteiger charge is 2.12. The summed E-state index contributed by atoms with van der Waals surface area (Å²) in [5, 5.41) is 5.60. The van der Waals surface area contributed by atoms with E-state index in [0.29, 0.717) is 23.9 Å². The number of aromatic nitrogens is 1. The summed E-state index contributed by atoms with van der Waals surface area (Å²) in [5.41, 5.74) is 5.33. The zero-order valence-corrected chi connectivity index (χ0v) is 15.9. The summed E-state index contributed by atoms with van der Waals surface area (Å²) < 4.78 is 12.5. The van der Waals surface area contributed by atoms with Gasteiger partial charge in [-0.05, 0) is 25.1 Å². The number of amides is 1. The summed E-state index contributed by atoms with van der Waals surface area (Å²) in [6, 6.07) is 15.4. The Morgan fingerprint density at radius 1 is 1.22 bits per heavy atom. The number of hydrazone groups is 1. The minimum Gasteiger partial charge on any atom is -0.490 e. The SMILES string of the molecule is COC(=O)NN=Cc1c(C)n(CCOc2ccccc2Cl)c2ccccc12. The van der Waals surface area contributed by atoms with Gasteiger partial charge in [0.05, 0.1) is 24.9 Å². The monoisotopic (exact) mass is 385 g/mol. The number of methoxy groups -OCH3 is 1. The van der Waals surface area contributed by atoms with Gasteiger partial charge in [-0.15, -0.1) is 0 Å². The molecule has 1 heterocycles. The van der Waals surface area contributed by atoms with Crippen molar-refractivity contribution in [3.05, 3.63) is 64.8 Å². The molecule has 0 bridgehead atoms. The molecule has 7 heteroatoms. The van der Waals surface area contributed by atoms with Crippen LogP contribution in [0.3, 0.4) is 0 Å². The van der Waals surface area contributed by atoms with Gasteiger partial charge in [-0.3, -0.25) is 0 Å². The van der Waals surface area contributed by atoms with E-state index in [4.69, 9.17) is 16.3 Å². The van der Waals surface area contributed by atoms with E-state index in [1.54, 1.807) is 12.3 Å². The van der Waals surface area contributed by atoms with Crippen LogP contribution in [0.2, 0.25) is 5.02 Å². The fourth-order valence-corrected chi connectivity index (χ4v) is 3.10. The second-order valence-corrected chi connectivity index (χ2v) is 6.22. The molecule has 0 aliphatic heterocycles. The number of hydrogen-bond donors (Lipinski definition) is 1. The van der Waals surface area contributed by atoms with Crippen LogP contribution < -0.4 is 10.2 Å². The van der Waals surface area contributed by atoms with Crippen molar-refractivity contribution in [1.82, 2.24) is 9.99 Å². The molecule has 0 unspecified atom stereocenters. The summed E-state index contributed by atoms with van der Waals surface area (Å²) in [6.07, 6.45) is 1.01. The first kappa shape index (κ1) is 18.8. The predicted octanol–water partition coefficient (Wildman–Crippen LogP) is 4.37. The third-order valence-electron chi connectivity index (χ3n) is 4.22. The van der Waals surface area contributed by atoms with Crippen molar-refractivity contribution >= 4 is 34.8 Å². The molecule has 0 saturated carbocycles. The molecule has 6 nitrogen and oxygen atoms in total. The molecule has 1 amide bonds. The molecule has 3 rings (SSSR count). The first-order chi connectivity index (χ1) is 13.1. The second kappa shape index (κ2) is 8.60. The molecule has 0 spiro atoms. The van der Waals surface area contributed by atoms with Crippen LogP contribution in [0.5, 0.6) is 5.75 Å². The Bertz CT molecular complexity index is 982.